The first kappa shape index (κ1) is 19.2. The van der Waals surface area contributed by atoms with E-state index in [0.29, 0.717) is 6.54 Å². The zero-order valence-corrected chi connectivity index (χ0v) is 17.4. The van der Waals surface area contributed by atoms with Crippen molar-refractivity contribution in [3.63, 3.8) is 0 Å². The minimum absolute atomic E-state index is 0.149. The maximum Gasteiger partial charge on any atom is 0.415 e. The molecule has 27 heavy (non-hydrogen) atoms. The second-order valence-electron chi connectivity index (χ2n) is 8.07. The quantitative estimate of drug-likeness (QED) is 0.610. The van der Waals surface area contributed by atoms with Gasteiger partial charge in [0.05, 0.1) is 21.2 Å². The van der Waals surface area contributed by atoms with Crippen LogP contribution in [0.3, 0.4) is 0 Å². The third kappa shape index (κ3) is 5.01. The number of benzene rings is 2. The van der Waals surface area contributed by atoms with E-state index in [1.165, 1.54) is 0 Å². The molecule has 3 rings (SSSR count). The highest BCUT2D eigenvalue weighted by Gasteiger charge is 2.32. The molecule has 1 unspecified atom stereocenters. The van der Waals surface area contributed by atoms with E-state index in [4.69, 9.17) is 9.47 Å². The zero-order valence-electron chi connectivity index (χ0n) is 16.4. The van der Waals surface area contributed by atoms with Crippen LogP contribution in [-0.4, -0.2) is 26.2 Å². The highest BCUT2D eigenvalue weighted by atomic mass is 28.3. The Balaban J connectivity index is 1.95. The third-order valence-corrected chi connectivity index (χ3v) is 5.90. The molecular weight excluding hydrogens is 354 g/mol. The summed E-state index contributed by atoms with van der Waals surface area (Å²) in [6.07, 6.45) is 1.82. The van der Waals surface area contributed by atoms with E-state index in [0.717, 1.165) is 28.7 Å². The van der Waals surface area contributed by atoms with Crippen LogP contribution in [0.15, 0.2) is 66.4 Å². The standard InChI is InChI=1S/C22H27NO3Si/c1-25-19-12-10-18(11-13-19)21-14-20(16-27(2,3)4)26-22(24)23(21)15-17-8-6-5-7-9-17/h5-14,21H,15-16H2,1-4H3. The van der Waals surface area contributed by atoms with Crippen LogP contribution in [0.5, 0.6) is 5.75 Å². The third-order valence-electron chi connectivity index (χ3n) is 4.49. The second kappa shape index (κ2) is 8.01. The molecule has 0 radical (unpaired) electrons. The number of allylic oxidation sites excluding steroid dienone is 1. The minimum atomic E-state index is -1.40. The Morgan fingerprint density at radius 1 is 1.04 bits per heavy atom. The van der Waals surface area contributed by atoms with Gasteiger partial charge in [0.15, 0.2) is 0 Å². The van der Waals surface area contributed by atoms with Gasteiger partial charge in [0, 0.05) is 12.6 Å². The fourth-order valence-electron chi connectivity index (χ4n) is 3.22. The molecule has 0 N–H and O–H groups in total. The van der Waals surface area contributed by atoms with Crippen molar-refractivity contribution in [3.8, 4) is 5.75 Å². The van der Waals surface area contributed by atoms with Crippen molar-refractivity contribution in [2.24, 2.45) is 0 Å². The summed E-state index contributed by atoms with van der Waals surface area (Å²) in [6.45, 7) is 7.34. The van der Waals surface area contributed by atoms with Crippen molar-refractivity contribution in [2.45, 2.75) is 38.3 Å². The number of ether oxygens (including phenoxy) is 2. The van der Waals surface area contributed by atoms with Crippen LogP contribution in [0.25, 0.3) is 0 Å². The summed E-state index contributed by atoms with van der Waals surface area (Å²) in [4.78, 5) is 14.6. The van der Waals surface area contributed by atoms with Crippen LogP contribution >= 0.6 is 0 Å². The lowest BCUT2D eigenvalue weighted by atomic mass is 10.0. The van der Waals surface area contributed by atoms with Crippen molar-refractivity contribution in [1.29, 1.82) is 0 Å². The van der Waals surface area contributed by atoms with Crippen LogP contribution in [-0.2, 0) is 11.3 Å². The summed E-state index contributed by atoms with van der Waals surface area (Å²) in [5, 5.41) is 0. The summed E-state index contributed by atoms with van der Waals surface area (Å²) >= 11 is 0. The molecule has 2 aromatic rings. The normalized spacial score (nSPS) is 17.3. The van der Waals surface area contributed by atoms with Gasteiger partial charge in [0.1, 0.15) is 11.5 Å². The highest BCUT2D eigenvalue weighted by Crippen LogP contribution is 2.34. The van der Waals surface area contributed by atoms with Crippen LogP contribution in [0.1, 0.15) is 17.2 Å². The summed E-state index contributed by atoms with van der Waals surface area (Å²) < 4.78 is 11.0. The molecule has 5 heteroatoms. The van der Waals surface area contributed by atoms with Gasteiger partial charge >= 0.3 is 6.09 Å². The molecule has 1 aliphatic rings. The first-order valence-electron chi connectivity index (χ1n) is 9.23. The molecule has 1 amide bonds. The van der Waals surface area contributed by atoms with Crippen LogP contribution < -0.4 is 4.74 Å². The van der Waals surface area contributed by atoms with Crippen molar-refractivity contribution in [1.82, 2.24) is 4.90 Å². The number of methoxy groups -OCH3 is 1. The molecule has 142 valence electrons. The van der Waals surface area contributed by atoms with E-state index in [1.54, 1.807) is 12.0 Å². The number of hydrogen-bond donors (Lipinski definition) is 0. The molecule has 1 atom stereocenters. The van der Waals surface area contributed by atoms with E-state index in [2.05, 4.69) is 25.7 Å². The van der Waals surface area contributed by atoms with E-state index < -0.39 is 8.07 Å². The molecule has 4 nitrogen and oxygen atoms in total. The molecule has 0 fully saturated rings. The Morgan fingerprint density at radius 2 is 1.70 bits per heavy atom. The molecule has 0 aromatic heterocycles. The minimum Gasteiger partial charge on any atom is -0.497 e. The maximum absolute atomic E-state index is 12.9. The molecule has 2 aromatic carbocycles. The van der Waals surface area contributed by atoms with Crippen molar-refractivity contribution < 1.29 is 14.3 Å². The molecule has 0 saturated carbocycles. The molecule has 0 spiro atoms. The van der Waals surface area contributed by atoms with E-state index in [1.807, 2.05) is 54.6 Å². The molecule has 0 bridgehead atoms. The van der Waals surface area contributed by atoms with Gasteiger partial charge in [-0.05, 0) is 29.3 Å². The number of nitrogens with zero attached hydrogens (tertiary/aromatic N) is 1. The smallest absolute Gasteiger partial charge is 0.415 e. The summed E-state index contributed by atoms with van der Waals surface area (Å²) in [5.41, 5.74) is 2.13. The Bertz CT molecular complexity index is 810. The average molecular weight is 382 g/mol. The first-order valence-corrected chi connectivity index (χ1v) is 12.9. The summed E-state index contributed by atoms with van der Waals surface area (Å²) in [7, 11) is 0.254. The number of carbonyl (C=O) groups is 1. The predicted octanol–water partition coefficient (Wildman–Crippen LogP) is 5.61. The molecule has 0 aliphatic carbocycles. The van der Waals surface area contributed by atoms with E-state index in [9.17, 15) is 4.79 Å². The second-order valence-corrected chi connectivity index (χ2v) is 13.5. The predicted molar refractivity (Wildman–Crippen MR) is 110 cm³/mol. The summed E-state index contributed by atoms with van der Waals surface area (Å²) in [6, 6.07) is 18.6. The topological polar surface area (TPSA) is 38.8 Å². The molecule has 0 saturated heterocycles. The van der Waals surface area contributed by atoms with Gasteiger partial charge in [0.25, 0.3) is 0 Å². The van der Waals surface area contributed by atoms with Crippen LogP contribution in [0, 0.1) is 0 Å². The fourth-order valence-corrected chi connectivity index (χ4v) is 4.46. The monoisotopic (exact) mass is 381 g/mol. The van der Waals surface area contributed by atoms with Gasteiger partial charge in [-0.3, -0.25) is 4.90 Å². The van der Waals surface area contributed by atoms with Crippen molar-refractivity contribution in [2.75, 3.05) is 7.11 Å². The number of amides is 1. The molecule has 1 aliphatic heterocycles. The van der Waals surface area contributed by atoms with Gasteiger partial charge in [-0.25, -0.2) is 4.79 Å². The van der Waals surface area contributed by atoms with Gasteiger partial charge < -0.3 is 9.47 Å². The molecular formula is C22H27NO3Si. The number of cyclic esters (lactones) is 1. The SMILES string of the molecule is COc1ccc(C2C=C(C[Si](C)(C)C)OC(=O)N2Cc2ccccc2)cc1. The van der Waals surface area contributed by atoms with Gasteiger partial charge in [-0.1, -0.05) is 62.1 Å². The van der Waals surface area contributed by atoms with E-state index >= 15 is 0 Å². The van der Waals surface area contributed by atoms with Gasteiger partial charge in [-0.15, -0.1) is 0 Å². The Labute approximate surface area is 162 Å². The molecule has 1 heterocycles. The Kier molecular flexibility index (Phi) is 5.70. The van der Waals surface area contributed by atoms with Gasteiger partial charge in [0.2, 0.25) is 0 Å². The highest BCUT2D eigenvalue weighted by molar-refractivity contribution is 6.76. The van der Waals surface area contributed by atoms with Crippen molar-refractivity contribution >= 4 is 14.2 Å². The average Bonchev–Trinajstić information content (AvgIpc) is 2.63. The van der Waals surface area contributed by atoms with Crippen LogP contribution in [0.2, 0.25) is 25.7 Å². The number of carbonyl (C=O) groups excluding carboxylic acids is 1. The number of rotatable bonds is 6. The largest absolute Gasteiger partial charge is 0.497 e. The first-order chi connectivity index (χ1) is 12.9. The van der Waals surface area contributed by atoms with Crippen molar-refractivity contribution in [3.05, 3.63) is 77.6 Å². The maximum atomic E-state index is 12.9. The fraction of sp³-hybridized carbons (Fsp3) is 0.318. The van der Waals surface area contributed by atoms with Crippen LogP contribution in [0.4, 0.5) is 4.79 Å². The van der Waals surface area contributed by atoms with E-state index in [-0.39, 0.29) is 12.1 Å². The Morgan fingerprint density at radius 3 is 2.30 bits per heavy atom. The zero-order chi connectivity index (χ0) is 19.4. The lowest BCUT2D eigenvalue weighted by molar-refractivity contribution is 0.100. The number of hydrogen-bond acceptors (Lipinski definition) is 3. The lowest BCUT2D eigenvalue weighted by Gasteiger charge is -2.35. The summed E-state index contributed by atoms with van der Waals surface area (Å²) in [5.74, 6) is 1.60. The van der Waals surface area contributed by atoms with Gasteiger partial charge in [-0.2, -0.15) is 0 Å². The Hall–Kier alpha value is -2.53. The lowest BCUT2D eigenvalue weighted by Crippen LogP contribution is -2.38.